The van der Waals surface area contributed by atoms with E-state index in [1.165, 1.54) is 0 Å². The maximum Gasteiger partial charge on any atom is 0.320 e. The van der Waals surface area contributed by atoms with Crippen LogP contribution in [0, 0.1) is 5.92 Å². The second-order valence-electron chi connectivity index (χ2n) is 4.36. The van der Waals surface area contributed by atoms with Crippen LogP contribution >= 0.6 is 0 Å². The van der Waals surface area contributed by atoms with Crippen molar-refractivity contribution >= 4 is 12.0 Å². The lowest BCUT2D eigenvalue weighted by molar-refractivity contribution is -0.142. The number of ether oxygens (including phenoxy) is 1. The number of hydrogen-bond donors (Lipinski definition) is 1. The van der Waals surface area contributed by atoms with Gasteiger partial charge in [0.2, 0.25) is 0 Å². The molecule has 1 aliphatic rings. The number of carboxylic acid groups (broad SMARTS) is 1. The number of rotatable bonds is 4. The highest BCUT2D eigenvalue weighted by Gasteiger charge is 2.38. The fraction of sp³-hybridized carbons (Fsp3) is 0.818. The third-order valence-electron chi connectivity index (χ3n) is 3.28. The van der Waals surface area contributed by atoms with E-state index in [2.05, 4.69) is 0 Å². The summed E-state index contributed by atoms with van der Waals surface area (Å²) in [5.41, 5.74) is 0. The molecule has 1 heterocycles. The van der Waals surface area contributed by atoms with Gasteiger partial charge in [0.15, 0.2) is 0 Å². The van der Waals surface area contributed by atoms with Crippen molar-refractivity contribution < 1.29 is 19.4 Å². The van der Waals surface area contributed by atoms with E-state index in [0.29, 0.717) is 26.1 Å². The van der Waals surface area contributed by atoms with Crippen LogP contribution in [-0.4, -0.2) is 66.8 Å². The topological polar surface area (TPSA) is 70.1 Å². The number of aliphatic carboxylic acids is 1. The second kappa shape index (κ2) is 5.86. The van der Waals surface area contributed by atoms with Crippen LogP contribution < -0.4 is 0 Å². The summed E-state index contributed by atoms with van der Waals surface area (Å²) < 4.78 is 4.90. The first-order valence-electron chi connectivity index (χ1n) is 5.72. The number of nitrogens with zero attached hydrogens (tertiary/aromatic N) is 2. The van der Waals surface area contributed by atoms with E-state index in [4.69, 9.17) is 9.84 Å². The van der Waals surface area contributed by atoms with Crippen LogP contribution in [0.5, 0.6) is 0 Å². The van der Waals surface area contributed by atoms with Gasteiger partial charge in [0, 0.05) is 33.3 Å². The molecule has 17 heavy (non-hydrogen) atoms. The van der Waals surface area contributed by atoms with Gasteiger partial charge in [-0.25, -0.2) is 4.79 Å². The first-order chi connectivity index (χ1) is 7.99. The standard InChI is InChI=1S/C11H20N2O4/c1-8-9(10(14)15)4-5-13(8)11(16)12(2)6-7-17-3/h8-9H,4-7H2,1-3H3,(H,14,15). The smallest absolute Gasteiger partial charge is 0.320 e. The predicted octanol–water partition coefficient (Wildman–Crippen LogP) is 0.480. The Morgan fingerprint density at radius 2 is 2.18 bits per heavy atom. The van der Waals surface area contributed by atoms with E-state index in [1.54, 1.807) is 30.9 Å². The van der Waals surface area contributed by atoms with Gasteiger partial charge in [0.1, 0.15) is 0 Å². The Morgan fingerprint density at radius 3 is 2.65 bits per heavy atom. The Morgan fingerprint density at radius 1 is 1.53 bits per heavy atom. The highest BCUT2D eigenvalue weighted by atomic mass is 16.5. The van der Waals surface area contributed by atoms with Gasteiger partial charge in [0.25, 0.3) is 0 Å². The number of carbonyl (C=O) groups is 2. The summed E-state index contributed by atoms with van der Waals surface area (Å²) in [5.74, 6) is -1.28. The molecule has 1 fully saturated rings. The molecule has 2 unspecified atom stereocenters. The number of urea groups is 1. The summed E-state index contributed by atoms with van der Waals surface area (Å²) >= 11 is 0. The average molecular weight is 244 g/mol. The zero-order valence-corrected chi connectivity index (χ0v) is 10.5. The van der Waals surface area contributed by atoms with Crippen molar-refractivity contribution in [3.63, 3.8) is 0 Å². The van der Waals surface area contributed by atoms with Gasteiger partial charge < -0.3 is 19.6 Å². The molecule has 0 saturated carbocycles. The summed E-state index contributed by atoms with van der Waals surface area (Å²) in [6.07, 6.45) is 0.528. The summed E-state index contributed by atoms with van der Waals surface area (Å²) in [4.78, 5) is 26.2. The molecular formula is C11H20N2O4. The number of hydrogen-bond acceptors (Lipinski definition) is 3. The minimum atomic E-state index is -0.827. The first kappa shape index (κ1) is 13.8. The SMILES string of the molecule is COCCN(C)C(=O)N1CCC(C(=O)O)C1C. The maximum atomic E-state index is 12.0. The molecule has 1 N–H and O–H groups in total. The highest BCUT2D eigenvalue weighted by molar-refractivity contribution is 5.78. The molecule has 0 spiro atoms. The lowest BCUT2D eigenvalue weighted by Gasteiger charge is -2.28. The lowest BCUT2D eigenvalue weighted by atomic mass is 10.0. The Balaban J connectivity index is 2.56. The van der Waals surface area contributed by atoms with Gasteiger partial charge in [-0.05, 0) is 13.3 Å². The van der Waals surface area contributed by atoms with Gasteiger partial charge >= 0.3 is 12.0 Å². The molecule has 2 atom stereocenters. The fourth-order valence-corrected chi connectivity index (χ4v) is 2.08. The molecule has 0 aliphatic carbocycles. The van der Waals surface area contributed by atoms with Gasteiger partial charge in [-0.3, -0.25) is 4.79 Å². The van der Waals surface area contributed by atoms with Crippen LogP contribution in [0.25, 0.3) is 0 Å². The maximum absolute atomic E-state index is 12.0. The van der Waals surface area contributed by atoms with Gasteiger partial charge in [-0.1, -0.05) is 0 Å². The number of carboxylic acids is 1. The van der Waals surface area contributed by atoms with Crippen molar-refractivity contribution in [2.75, 3.05) is 33.9 Å². The van der Waals surface area contributed by atoms with E-state index >= 15 is 0 Å². The number of carbonyl (C=O) groups excluding carboxylic acids is 1. The van der Waals surface area contributed by atoms with Crippen LogP contribution in [0.2, 0.25) is 0 Å². The van der Waals surface area contributed by atoms with Crippen molar-refractivity contribution in [1.29, 1.82) is 0 Å². The van der Waals surface area contributed by atoms with E-state index in [-0.39, 0.29) is 12.1 Å². The third kappa shape index (κ3) is 3.09. The largest absolute Gasteiger partial charge is 0.481 e. The highest BCUT2D eigenvalue weighted by Crippen LogP contribution is 2.25. The van der Waals surface area contributed by atoms with Crippen molar-refractivity contribution in [3.05, 3.63) is 0 Å². The van der Waals surface area contributed by atoms with Gasteiger partial charge in [-0.15, -0.1) is 0 Å². The third-order valence-corrected chi connectivity index (χ3v) is 3.28. The molecule has 6 nitrogen and oxygen atoms in total. The zero-order chi connectivity index (χ0) is 13.0. The Hall–Kier alpha value is -1.30. The van der Waals surface area contributed by atoms with E-state index in [0.717, 1.165) is 0 Å². The molecule has 0 aromatic carbocycles. The molecule has 1 rings (SSSR count). The molecule has 1 saturated heterocycles. The molecule has 0 bridgehead atoms. The number of likely N-dealkylation sites (N-methyl/N-ethyl adjacent to an activating group) is 1. The summed E-state index contributed by atoms with van der Waals surface area (Å²) in [6.45, 7) is 3.28. The summed E-state index contributed by atoms with van der Waals surface area (Å²) in [5, 5.41) is 8.99. The van der Waals surface area contributed by atoms with Gasteiger partial charge in [-0.2, -0.15) is 0 Å². The quantitative estimate of drug-likeness (QED) is 0.781. The molecule has 1 aliphatic heterocycles. The molecule has 0 aromatic heterocycles. The number of amides is 2. The van der Waals surface area contributed by atoms with Crippen molar-refractivity contribution in [2.24, 2.45) is 5.92 Å². The number of likely N-dealkylation sites (tertiary alicyclic amines) is 1. The van der Waals surface area contributed by atoms with Crippen molar-refractivity contribution in [2.45, 2.75) is 19.4 Å². The summed E-state index contributed by atoms with van der Waals surface area (Å²) in [7, 11) is 3.28. The Kier molecular flexibility index (Phi) is 4.74. The van der Waals surface area contributed by atoms with Gasteiger partial charge in [0.05, 0.1) is 12.5 Å². The average Bonchev–Trinajstić information content (AvgIpc) is 2.67. The fourth-order valence-electron chi connectivity index (χ4n) is 2.08. The Bertz CT molecular complexity index is 295. The molecular weight excluding hydrogens is 224 g/mol. The minimum absolute atomic E-state index is 0.127. The van der Waals surface area contributed by atoms with E-state index in [1.807, 2.05) is 0 Å². The zero-order valence-electron chi connectivity index (χ0n) is 10.5. The van der Waals surface area contributed by atoms with E-state index < -0.39 is 11.9 Å². The summed E-state index contributed by atoms with van der Waals surface area (Å²) in [6, 6.07) is -0.372. The molecule has 98 valence electrons. The second-order valence-corrected chi connectivity index (χ2v) is 4.36. The molecule has 0 radical (unpaired) electrons. The molecule has 2 amide bonds. The van der Waals surface area contributed by atoms with Crippen molar-refractivity contribution in [1.82, 2.24) is 9.80 Å². The van der Waals surface area contributed by atoms with Crippen LogP contribution in [0.1, 0.15) is 13.3 Å². The lowest BCUT2D eigenvalue weighted by Crippen LogP contribution is -2.45. The van der Waals surface area contributed by atoms with Crippen LogP contribution in [-0.2, 0) is 9.53 Å². The van der Waals surface area contributed by atoms with E-state index in [9.17, 15) is 9.59 Å². The Labute approximate surface area is 101 Å². The number of methoxy groups -OCH3 is 1. The first-order valence-corrected chi connectivity index (χ1v) is 5.72. The monoisotopic (exact) mass is 244 g/mol. The predicted molar refractivity (Wildman–Crippen MR) is 61.8 cm³/mol. The normalized spacial score (nSPS) is 23.8. The minimum Gasteiger partial charge on any atom is -0.481 e. The molecule has 0 aromatic rings. The van der Waals surface area contributed by atoms with Crippen LogP contribution in [0.4, 0.5) is 4.79 Å². The molecule has 6 heteroatoms. The van der Waals surface area contributed by atoms with Crippen molar-refractivity contribution in [3.8, 4) is 0 Å². The van der Waals surface area contributed by atoms with Crippen LogP contribution in [0.3, 0.4) is 0 Å². The van der Waals surface area contributed by atoms with Crippen LogP contribution in [0.15, 0.2) is 0 Å².